The Hall–Kier alpha value is -3.35. The number of fused-ring (bicyclic) bond motifs is 1. The molecule has 26 heavy (non-hydrogen) atoms. The molecule has 0 amide bonds. The van der Waals surface area contributed by atoms with Crippen LogP contribution in [0.25, 0.3) is 0 Å². The second kappa shape index (κ2) is 7.26. The molecule has 1 aliphatic heterocycles. The Morgan fingerprint density at radius 2 is 1.88 bits per heavy atom. The first-order valence-corrected chi connectivity index (χ1v) is 8.38. The monoisotopic (exact) mass is 349 g/mol. The van der Waals surface area contributed by atoms with Crippen LogP contribution in [0.4, 0.5) is 11.8 Å². The van der Waals surface area contributed by atoms with Gasteiger partial charge in [0.2, 0.25) is 12.7 Å². The van der Waals surface area contributed by atoms with Gasteiger partial charge in [0.05, 0.1) is 6.20 Å². The lowest BCUT2D eigenvalue weighted by Crippen LogP contribution is -2.08. The van der Waals surface area contributed by atoms with Crippen LogP contribution < -0.4 is 20.1 Å². The number of anilines is 2. The van der Waals surface area contributed by atoms with Crippen LogP contribution in [-0.2, 0) is 13.1 Å². The molecule has 0 saturated heterocycles. The van der Waals surface area contributed by atoms with Crippen LogP contribution in [0.5, 0.6) is 11.5 Å². The zero-order valence-corrected chi connectivity index (χ0v) is 14.4. The molecule has 2 aromatic carbocycles. The molecule has 0 spiro atoms. The van der Waals surface area contributed by atoms with Gasteiger partial charge in [-0.2, -0.15) is 10.1 Å². The maximum Gasteiger partial charge on any atom is 0.244 e. The highest BCUT2D eigenvalue weighted by Crippen LogP contribution is 2.32. The fraction of sp³-hybridized carbons (Fsp3) is 0.211. The molecule has 1 aromatic heterocycles. The van der Waals surface area contributed by atoms with Gasteiger partial charge >= 0.3 is 0 Å². The fourth-order valence-electron chi connectivity index (χ4n) is 2.69. The van der Waals surface area contributed by atoms with E-state index in [1.165, 1.54) is 11.1 Å². The van der Waals surface area contributed by atoms with Crippen LogP contribution in [0.3, 0.4) is 0 Å². The van der Waals surface area contributed by atoms with Crippen molar-refractivity contribution in [3.8, 4) is 11.5 Å². The number of hydrogen-bond donors (Lipinski definition) is 2. The van der Waals surface area contributed by atoms with Crippen molar-refractivity contribution in [2.24, 2.45) is 0 Å². The van der Waals surface area contributed by atoms with E-state index < -0.39 is 0 Å². The van der Waals surface area contributed by atoms with Crippen molar-refractivity contribution in [1.29, 1.82) is 0 Å². The topological polar surface area (TPSA) is 81.2 Å². The molecule has 2 heterocycles. The number of nitrogens with zero attached hydrogens (tertiary/aromatic N) is 3. The SMILES string of the molecule is Cc1ccccc1CNc1cnnc(NCc2ccc3c(c2)OCO3)n1. The molecular formula is C19H19N5O2. The van der Waals surface area contributed by atoms with Crippen LogP contribution in [0.15, 0.2) is 48.7 Å². The zero-order valence-electron chi connectivity index (χ0n) is 14.4. The molecule has 2 N–H and O–H groups in total. The number of aromatic nitrogens is 3. The highest BCUT2D eigenvalue weighted by molar-refractivity contribution is 5.45. The molecule has 0 aliphatic carbocycles. The molecule has 0 radical (unpaired) electrons. The van der Waals surface area contributed by atoms with Gasteiger partial charge in [-0.05, 0) is 35.7 Å². The van der Waals surface area contributed by atoms with E-state index in [0.717, 1.165) is 17.1 Å². The lowest BCUT2D eigenvalue weighted by Gasteiger charge is -2.09. The van der Waals surface area contributed by atoms with Crippen molar-refractivity contribution in [2.75, 3.05) is 17.4 Å². The quantitative estimate of drug-likeness (QED) is 0.707. The van der Waals surface area contributed by atoms with Gasteiger partial charge in [-0.25, -0.2) is 0 Å². The van der Waals surface area contributed by atoms with E-state index in [-0.39, 0.29) is 6.79 Å². The molecule has 0 bridgehead atoms. The summed E-state index contributed by atoms with van der Waals surface area (Å²) in [5.41, 5.74) is 3.51. The Balaban J connectivity index is 1.37. The van der Waals surface area contributed by atoms with Crippen molar-refractivity contribution < 1.29 is 9.47 Å². The molecule has 132 valence electrons. The van der Waals surface area contributed by atoms with E-state index in [9.17, 15) is 0 Å². The van der Waals surface area contributed by atoms with Gasteiger partial charge < -0.3 is 20.1 Å². The van der Waals surface area contributed by atoms with Gasteiger partial charge in [0.25, 0.3) is 0 Å². The average molecular weight is 349 g/mol. The summed E-state index contributed by atoms with van der Waals surface area (Å²) in [7, 11) is 0. The van der Waals surface area contributed by atoms with E-state index in [1.54, 1.807) is 6.20 Å². The number of nitrogens with one attached hydrogen (secondary N) is 2. The summed E-state index contributed by atoms with van der Waals surface area (Å²) in [5.74, 6) is 2.68. The molecule has 0 unspecified atom stereocenters. The highest BCUT2D eigenvalue weighted by Gasteiger charge is 2.13. The standard InChI is InChI=1S/C19H19N5O2/c1-13-4-2-3-5-15(13)10-20-18-11-22-24-19(23-18)21-9-14-6-7-16-17(8-14)26-12-25-16/h2-8,11H,9-10,12H2,1H3,(H2,20,21,23,24). The normalized spacial score (nSPS) is 12.0. The Labute approximate surface area is 151 Å². The number of ether oxygens (including phenoxy) is 2. The van der Waals surface area contributed by atoms with Crippen molar-refractivity contribution in [3.05, 3.63) is 65.4 Å². The Morgan fingerprint density at radius 3 is 2.81 bits per heavy atom. The first-order valence-electron chi connectivity index (χ1n) is 8.38. The summed E-state index contributed by atoms with van der Waals surface area (Å²) in [6, 6.07) is 14.1. The van der Waals surface area contributed by atoms with E-state index in [4.69, 9.17) is 9.47 Å². The molecule has 7 nitrogen and oxygen atoms in total. The maximum atomic E-state index is 5.39. The van der Waals surface area contributed by atoms with E-state index in [1.807, 2.05) is 30.3 Å². The van der Waals surface area contributed by atoms with Crippen molar-refractivity contribution in [2.45, 2.75) is 20.0 Å². The van der Waals surface area contributed by atoms with Gasteiger partial charge in [-0.15, -0.1) is 5.10 Å². The smallest absolute Gasteiger partial charge is 0.244 e. The van der Waals surface area contributed by atoms with Gasteiger partial charge in [-0.3, -0.25) is 0 Å². The van der Waals surface area contributed by atoms with Gasteiger partial charge in [0.1, 0.15) is 0 Å². The van der Waals surface area contributed by atoms with Crippen molar-refractivity contribution >= 4 is 11.8 Å². The van der Waals surface area contributed by atoms with Crippen LogP contribution in [0.1, 0.15) is 16.7 Å². The average Bonchev–Trinajstić information content (AvgIpc) is 3.14. The van der Waals surface area contributed by atoms with Crippen molar-refractivity contribution in [1.82, 2.24) is 15.2 Å². The summed E-state index contributed by atoms with van der Waals surface area (Å²) in [5, 5.41) is 14.5. The Bertz CT molecular complexity index is 916. The van der Waals surface area contributed by atoms with Crippen LogP contribution in [0.2, 0.25) is 0 Å². The fourth-order valence-corrected chi connectivity index (χ4v) is 2.69. The highest BCUT2D eigenvalue weighted by atomic mass is 16.7. The van der Waals surface area contributed by atoms with Gasteiger partial charge in [-0.1, -0.05) is 30.3 Å². The maximum absolute atomic E-state index is 5.39. The van der Waals surface area contributed by atoms with Crippen LogP contribution in [-0.4, -0.2) is 22.0 Å². The van der Waals surface area contributed by atoms with Crippen molar-refractivity contribution in [3.63, 3.8) is 0 Å². The number of benzene rings is 2. The molecule has 0 atom stereocenters. The second-order valence-electron chi connectivity index (χ2n) is 5.99. The Kier molecular flexibility index (Phi) is 4.51. The lowest BCUT2D eigenvalue weighted by molar-refractivity contribution is 0.174. The van der Waals surface area contributed by atoms with Gasteiger partial charge in [0, 0.05) is 13.1 Å². The summed E-state index contributed by atoms with van der Waals surface area (Å²) in [6.07, 6.45) is 1.62. The lowest BCUT2D eigenvalue weighted by atomic mass is 10.1. The third-order valence-corrected chi connectivity index (χ3v) is 4.17. The minimum absolute atomic E-state index is 0.272. The molecule has 4 rings (SSSR count). The largest absolute Gasteiger partial charge is 0.454 e. The van der Waals surface area contributed by atoms with E-state index >= 15 is 0 Å². The summed E-state index contributed by atoms with van der Waals surface area (Å²) < 4.78 is 10.7. The molecule has 0 saturated carbocycles. The molecule has 7 heteroatoms. The van der Waals surface area contributed by atoms with E-state index in [0.29, 0.717) is 24.9 Å². The third kappa shape index (κ3) is 3.66. The van der Waals surface area contributed by atoms with Gasteiger partial charge in [0.15, 0.2) is 17.3 Å². The summed E-state index contributed by atoms with van der Waals surface area (Å²) in [4.78, 5) is 4.45. The number of aryl methyl sites for hydroxylation is 1. The molecule has 3 aromatic rings. The number of rotatable bonds is 6. The second-order valence-corrected chi connectivity index (χ2v) is 5.99. The first-order chi connectivity index (χ1) is 12.8. The first kappa shape index (κ1) is 16.1. The predicted octanol–water partition coefficient (Wildman–Crippen LogP) is 3.13. The van der Waals surface area contributed by atoms with Crippen LogP contribution in [0, 0.1) is 6.92 Å². The van der Waals surface area contributed by atoms with Crippen LogP contribution >= 0.6 is 0 Å². The molecule has 0 fully saturated rings. The third-order valence-electron chi connectivity index (χ3n) is 4.17. The number of hydrogen-bond acceptors (Lipinski definition) is 7. The minimum atomic E-state index is 0.272. The van der Waals surface area contributed by atoms with E-state index in [2.05, 4.69) is 44.9 Å². The Morgan fingerprint density at radius 1 is 1.00 bits per heavy atom. The predicted molar refractivity (Wildman–Crippen MR) is 98.2 cm³/mol. The minimum Gasteiger partial charge on any atom is -0.454 e. The molecular weight excluding hydrogens is 330 g/mol. The summed E-state index contributed by atoms with van der Waals surface area (Å²) >= 11 is 0. The zero-order chi connectivity index (χ0) is 17.8. The molecule has 1 aliphatic rings. The summed E-state index contributed by atoms with van der Waals surface area (Å²) in [6.45, 7) is 3.62.